The van der Waals surface area contributed by atoms with E-state index in [1.165, 1.54) is 36.4 Å². The molecule has 1 heterocycles. The lowest BCUT2D eigenvalue weighted by molar-refractivity contribution is -0.115. The van der Waals surface area contributed by atoms with E-state index in [0.717, 1.165) is 13.1 Å². The SMILES string of the molecule is CC(=O)N(c1ccc(NS(=O)(=O)c2ccccc2)cn1)S(=O)(=O)c1ccccc1. The highest BCUT2D eigenvalue weighted by molar-refractivity contribution is 7.93. The first kappa shape index (κ1) is 20.5. The molecule has 0 aliphatic rings. The van der Waals surface area contributed by atoms with Gasteiger partial charge in [-0.15, -0.1) is 0 Å². The van der Waals surface area contributed by atoms with E-state index in [2.05, 4.69) is 9.71 Å². The first-order valence-electron chi connectivity index (χ1n) is 8.37. The lowest BCUT2D eigenvalue weighted by Gasteiger charge is -2.20. The fourth-order valence-corrected chi connectivity index (χ4v) is 5.00. The largest absolute Gasteiger partial charge is 0.278 e. The van der Waals surface area contributed by atoms with Crippen molar-refractivity contribution in [2.45, 2.75) is 16.7 Å². The van der Waals surface area contributed by atoms with Crippen LogP contribution in [0.1, 0.15) is 6.92 Å². The summed E-state index contributed by atoms with van der Waals surface area (Å²) in [6, 6.07) is 17.8. The Morgan fingerprint density at radius 3 is 1.86 bits per heavy atom. The van der Waals surface area contributed by atoms with Gasteiger partial charge < -0.3 is 0 Å². The van der Waals surface area contributed by atoms with E-state index in [-0.39, 0.29) is 21.3 Å². The molecule has 1 aromatic heterocycles. The molecular weight excluding hydrogens is 414 g/mol. The van der Waals surface area contributed by atoms with Gasteiger partial charge in [0.25, 0.3) is 20.0 Å². The van der Waals surface area contributed by atoms with Gasteiger partial charge in [-0.05, 0) is 36.4 Å². The van der Waals surface area contributed by atoms with Gasteiger partial charge in [-0.3, -0.25) is 9.52 Å². The highest BCUT2D eigenvalue weighted by Crippen LogP contribution is 2.24. The number of anilines is 2. The Morgan fingerprint density at radius 1 is 0.828 bits per heavy atom. The first-order valence-corrected chi connectivity index (χ1v) is 11.3. The topological polar surface area (TPSA) is 114 Å². The molecule has 150 valence electrons. The third-order valence-electron chi connectivity index (χ3n) is 3.83. The molecule has 1 amide bonds. The maximum Gasteiger partial charge on any atom is 0.272 e. The van der Waals surface area contributed by atoms with E-state index in [4.69, 9.17) is 0 Å². The minimum Gasteiger partial charge on any atom is -0.278 e. The summed E-state index contributed by atoms with van der Waals surface area (Å²) in [7, 11) is -7.98. The van der Waals surface area contributed by atoms with Crippen molar-refractivity contribution in [2.75, 3.05) is 9.03 Å². The second-order valence-electron chi connectivity index (χ2n) is 5.93. The molecular formula is C19H17N3O5S2. The number of rotatable bonds is 6. The van der Waals surface area contributed by atoms with Gasteiger partial charge >= 0.3 is 0 Å². The van der Waals surface area contributed by atoms with Crippen molar-refractivity contribution in [3.05, 3.63) is 79.0 Å². The zero-order valence-electron chi connectivity index (χ0n) is 15.3. The Labute approximate surface area is 168 Å². The first-order chi connectivity index (χ1) is 13.7. The number of nitrogens with zero attached hydrogens (tertiary/aromatic N) is 2. The van der Waals surface area contributed by atoms with Crippen LogP contribution in [-0.2, 0) is 24.8 Å². The Balaban J connectivity index is 1.91. The van der Waals surface area contributed by atoms with Gasteiger partial charge in [0.2, 0.25) is 5.91 Å². The molecule has 2 aromatic carbocycles. The van der Waals surface area contributed by atoms with Gasteiger partial charge in [0, 0.05) is 6.92 Å². The molecule has 0 bridgehead atoms. The molecule has 0 spiro atoms. The van der Waals surface area contributed by atoms with Crippen LogP contribution in [0.2, 0.25) is 0 Å². The van der Waals surface area contributed by atoms with Crippen LogP contribution in [0, 0.1) is 0 Å². The van der Waals surface area contributed by atoms with E-state index in [9.17, 15) is 21.6 Å². The van der Waals surface area contributed by atoms with Crippen molar-refractivity contribution >= 4 is 37.5 Å². The normalized spacial score (nSPS) is 11.6. The summed E-state index contributed by atoms with van der Waals surface area (Å²) in [5.41, 5.74) is 0.123. The van der Waals surface area contributed by atoms with Crippen molar-refractivity contribution < 1.29 is 21.6 Å². The lowest BCUT2D eigenvalue weighted by Crippen LogP contribution is -2.35. The molecule has 29 heavy (non-hydrogen) atoms. The number of hydrogen-bond donors (Lipinski definition) is 1. The van der Waals surface area contributed by atoms with E-state index in [0.29, 0.717) is 4.31 Å². The second kappa shape index (κ2) is 8.02. The molecule has 3 rings (SSSR count). The molecule has 0 atom stereocenters. The van der Waals surface area contributed by atoms with E-state index < -0.39 is 26.0 Å². The quantitative estimate of drug-likeness (QED) is 0.642. The minimum atomic E-state index is -4.16. The Bertz CT molecular complexity index is 1210. The standard InChI is InChI=1S/C19H17N3O5S2/c1-15(23)22(29(26,27)18-10-6-3-7-11-18)19-13-12-16(14-20-19)21-28(24,25)17-8-4-2-5-9-17/h2-14,21H,1H3. The summed E-state index contributed by atoms with van der Waals surface area (Å²) < 4.78 is 53.3. The highest BCUT2D eigenvalue weighted by atomic mass is 32.2. The molecule has 1 N–H and O–H groups in total. The molecule has 10 heteroatoms. The smallest absolute Gasteiger partial charge is 0.272 e. The summed E-state index contributed by atoms with van der Waals surface area (Å²) in [4.78, 5) is 16.0. The Morgan fingerprint density at radius 2 is 1.38 bits per heavy atom. The number of nitrogens with one attached hydrogen (secondary N) is 1. The molecule has 0 aliphatic heterocycles. The summed E-state index contributed by atoms with van der Waals surface area (Å²) in [6.45, 7) is 1.11. The third kappa shape index (κ3) is 4.44. The van der Waals surface area contributed by atoms with Crippen LogP contribution < -0.4 is 9.03 Å². The zero-order valence-corrected chi connectivity index (χ0v) is 16.9. The highest BCUT2D eigenvalue weighted by Gasteiger charge is 2.29. The number of carbonyl (C=O) groups excluding carboxylic acids is 1. The number of pyridine rings is 1. The predicted molar refractivity (Wildman–Crippen MR) is 108 cm³/mol. The van der Waals surface area contributed by atoms with Crippen LogP contribution in [0.3, 0.4) is 0 Å². The number of benzene rings is 2. The van der Waals surface area contributed by atoms with Crippen molar-refractivity contribution in [2.24, 2.45) is 0 Å². The van der Waals surface area contributed by atoms with Crippen molar-refractivity contribution in [3.63, 3.8) is 0 Å². The van der Waals surface area contributed by atoms with Gasteiger partial charge in [-0.1, -0.05) is 36.4 Å². The number of carbonyl (C=O) groups is 1. The molecule has 0 radical (unpaired) electrons. The van der Waals surface area contributed by atoms with Crippen LogP contribution in [0.25, 0.3) is 0 Å². The van der Waals surface area contributed by atoms with Gasteiger partial charge in [0.15, 0.2) is 0 Å². The summed E-state index contributed by atoms with van der Waals surface area (Å²) in [6.07, 6.45) is 1.15. The molecule has 3 aromatic rings. The maximum absolute atomic E-state index is 12.8. The van der Waals surface area contributed by atoms with Crippen LogP contribution >= 0.6 is 0 Å². The van der Waals surface area contributed by atoms with Crippen LogP contribution in [0.15, 0.2) is 88.8 Å². The monoisotopic (exact) mass is 431 g/mol. The fourth-order valence-electron chi connectivity index (χ4n) is 2.53. The second-order valence-corrected chi connectivity index (χ2v) is 9.39. The maximum atomic E-state index is 12.8. The van der Waals surface area contributed by atoms with Crippen molar-refractivity contribution in [1.29, 1.82) is 0 Å². The van der Waals surface area contributed by atoms with E-state index in [1.54, 1.807) is 36.4 Å². The Kier molecular flexibility index (Phi) is 5.66. The van der Waals surface area contributed by atoms with Gasteiger partial charge in [0.05, 0.1) is 21.7 Å². The summed E-state index contributed by atoms with van der Waals surface area (Å²) >= 11 is 0. The van der Waals surface area contributed by atoms with Gasteiger partial charge in [-0.25, -0.2) is 21.8 Å². The predicted octanol–water partition coefficient (Wildman–Crippen LogP) is 2.62. The summed E-state index contributed by atoms with van der Waals surface area (Å²) in [5, 5.41) is 0. The molecule has 0 saturated heterocycles. The summed E-state index contributed by atoms with van der Waals surface area (Å²) in [5.74, 6) is -0.900. The van der Waals surface area contributed by atoms with Crippen LogP contribution in [0.5, 0.6) is 0 Å². The molecule has 0 saturated carbocycles. The molecule has 0 aliphatic carbocycles. The van der Waals surface area contributed by atoms with E-state index >= 15 is 0 Å². The fraction of sp³-hybridized carbons (Fsp3) is 0.0526. The van der Waals surface area contributed by atoms with Crippen molar-refractivity contribution in [1.82, 2.24) is 4.98 Å². The van der Waals surface area contributed by atoms with Crippen LogP contribution in [-0.4, -0.2) is 27.7 Å². The van der Waals surface area contributed by atoms with Gasteiger partial charge in [0.1, 0.15) is 5.82 Å². The average Bonchev–Trinajstić information content (AvgIpc) is 2.70. The zero-order chi connectivity index (χ0) is 21.1. The number of sulfonamides is 2. The van der Waals surface area contributed by atoms with Crippen molar-refractivity contribution in [3.8, 4) is 0 Å². The average molecular weight is 431 g/mol. The minimum absolute atomic E-state index is 0.0640. The molecule has 0 unspecified atom stereocenters. The van der Waals surface area contributed by atoms with E-state index in [1.807, 2.05) is 0 Å². The van der Waals surface area contributed by atoms with Crippen LogP contribution in [0.4, 0.5) is 11.5 Å². The van der Waals surface area contributed by atoms with Gasteiger partial charge in [-0.2, -0.15) is 4.31 Å². The number of aromatic nitrogens is 1. The number of hydrogen-bond acceptors (Lipinski definition) is 6. The molecule has 0 fully saturated rings. The third-order valence-corrected chi connectivity index (χ3v) is 7.02. The number of amides is 1. The molecule has 8 nitrogen and oxygen atoms in total. The Hall–Kier alpha value is -3.24. The lowest BCUT2D eigenvalue weighted by atomic mass is 10.4.